The summed E-state index contributed by atoms with van der Waals surface area (Å²) in [6.45, 7) is 4.60. The average Bonchev–Trinajstić information content (AvgIpc) is 2.69. The molecule has 1 aliphatic heterocycles. The van der Waals surface area contributed by atoms with Gasteiger partial charge in [0, 0.05) is 12.1 Å². The van der Waals surface area contributed by atoms with E-state index in [9.17, 15) is 14.7 Å². The molecule has 1 N–H and O–H groups in total. The Morgan fingerprint density at radius 3 is 2.36 bits per heavy atom. The summed E-state index contributed by atoms with van der Waals surface area (Å²) in [6, 6.07) is 20.4. The number of benzene rings is 3. The highest BCUT2D eigenvalue weighted by Crippen LogP contribution is 2.44. The van der Waals surface area contributed by atoms with Gasteiger partial charge in [-0.05, 0) is 33.9 Å². The Kier molecular flexibility index (Phi) is 4.63. The van der Waals surface area contributed by atoms with Crippen molar-refractivity contribution >= 4 is 22.6 Å². The van der Waals surface area contributed by atoms with Crippen LogP contribution in [0.1, 0.15) is 47.3 Å². The van der Waals surface area contributed by atoms with E-state index in [1.54, 1.807) is 29.2 Å². The molecule has 0 aromatic heterocycles. The van der Waals surface area contributed by atoms with E-state index < -0.39 is 17.9 Å². The van der Waals surface area contributed by atoms with Crippen molar-refractivity contribution in [2.45, 2.75) is 25.8 Å². The molecular weight excluding hydrogens is 350 g/mol. The van der Waals surface area contributed by atoms with Crippen molar-refractivity contribution < 1.29 is 14.7 Å². The topological polar surface area (TPSA) is 57.6 Å². The Hall–Kier alpha value is -3.14. The van der Waals surface area contributed by atoms with Crippen LogP contribution in [-0.4, -0.2) is 28.4 Å². The highest BCUT2D eigenvalue weighted by Gasteiger charge is 2.44. The zero-order valence-corrected chi connectivity index (χ0v) is 16.0. The number of carboxylic acids is 1. The van der Waals surface area contributed by atoms with E-state index in [1.165, 1.54) is 0 Å². The SMILES string of the molecule is CC(C)CN1C(=O)c2ccccc2[C@H](C(=O)O)[C@H]1c1cccc2ccccc12. The van der Waals surface area contributed by atoms with Crippen LogP contribution in [0, 0.1) is 5.92 Å². The normalized spacial score (nSPS) is 19.1. The molecule has 28 heavy (non-hydrogen) atoms. The van der Waals surface area contributed by atoms with Crippen molar-refractivity contribution in [2.24, 2.45) is 5.92 Å². The summed E-state index contributed by atoms with van der Waals surface area (Å²) in [7, 11) is 0. The zero-order chi connectivity index (χ0) is 19.8. The molecule has 0 saturated heterocycles. The number of carbonyl (C=O) groups excluding carboxylic acids is 1. The Morgan fingerprint density at radius 2 is 1.61 bits per heavy atom. The second-order valence-electron chi connectivity index (χ2n) is 7.77. The van der Waals surface area contributed by atoms with Gasteiger partial charge >= 0.3 is 5.97 Å². The van der Waals surface area contributed by atoms with Gasteiger partial charge in [-0.1, -0.05) is 74.5 Å². The van der Waals surface area contributed by atoms with Crippen molar-refractivity contribution in [1.82, 2.24) is 4.90 Å². The fourth-order valence-corrected chi connectivity index (χ4v) is 4.31. The maximum absolute atomic E-state index is 13.4. The maximum Gasteiger partial charge on any atom is 0.313 e. The average molecular weight is 373 g/mol. The molecule has 1 heterocycles. The second kappa shape index (κ2) is 7.12. The number of rotatable bonds is 4. The van der Waals surface area contributed by atoms with Crippen LogP contribution in [0.15, 0.2) is 66.7 Å². The molecule has 4 rings (SSSR count). The highest BCUT2D eigenvalue weighted by atomic mass is 16.4. The van der Waals surface area contributed by atoms with Crippen LogP contribution in [0.3, 0.4) is 0 Å². The number of aliphatic carboxylic acids is 1. The fourth-order valence-electron chi connectivity index (χ4n) is 4.31. The van der Waals surface area contributed by atoms with Crippen molar-refractivity contribution in [1.29, 1.82) is 0 Å². The van der Waals surface area contributed by atoms with Gasteiger partial charge in [-0.15, -0.1) is 0 Å². The van der Waals surface area contributed by atoms with Gasteiger partial charge in [0.05, 0.1) is 6.04 Å². The lowest BCUT2D eigenvalue weighted by Gasteiger charge is -2.42. The summed E-state index contributed by atoms with van der Waals surface area (Å²) in [5, 5.41) is 12.2. The molecule has 4 heteroatoms. The summed E-state index contributed by atoms with van der Waals surface area (Å²) in [5.74, 6) is -1.59. The minimum Gasteiger partial charge on any atom is -0.481 e. The molecule has 142 valence electrons. The first-order valence-electron chi connectivity index (χ1n) is 9.59. The first-order valence-corrected chi connectivity index (χ1v) is 9.59. The van der Waals surface area contributed by atoms with E-state index in [1.807, 2.05) is 56.3 Å². The molecule has 0 aliphatic carbocycles. The molecule has 3 aromatic rings. The number of amides is 1. The molecule has 3 aromatic carbocycles. The predicted octanol–water partition coefficient (Wildman–Crippen LogP) is 4.86. The smallest absolute Gasteiger partial charge is 0.313 e. The lowest BCUT2D eigenvalue weighted by molar-refractivity contribution is -0.140. The summed E-state index contributed by atoms with van der Waals surface area (Å²) in [5.41, 5.74) is 1.97. The second-order valence-corrected chi connectivity index (χ2v) is 7.77. The molecular formula is C24H23NO3. The van der Waals surface area contributed by atoms with Gasteiger partial charge < -0.3 is 10.0 Å². The van der Waals surface area contributed by atoms with Crippen molar-refractivity contribution in [3.63, 3.8) is 0 Å². The van der Waals surface area contributed by atoms with E-state index in [2.05, 4.69) is 0 Å². The molecule has 1 amide bonds. The highest BCUT2D eigenvalue weighted by molar-refractivity contribution is 6.01. The van der Waals surface area contributed by atoms with Crippen LogP contribution in [0.4, 0.5) is 0 Å². The molecule has 0 saturated carbocycles. The van der Waals surface area contributed by atoms with Crippen LogP contribution in [0.5, 0.6) is 0 Å². The number of carbonyl (C=O) groups is 2. The molecule has 0 spiro atoms. The maximum atomic E-state index is 13.4. The largest absolute Gasteiger partial charge is 0.481 e. The predicted molar refractivity (Wildman–Crippen MR) is 109 cm³/mol. The summed E-state index contributed by atoms with van der Waals surface area (Å²) in [4.78, 5) is 27.6. The lowest BCUT2D eigenvalue weighted by Crippen LogP contribution is -2.46. The van der Waals surface area contributed by atoms with E-state index >= 15 is 0 Å². The summed E-state index contributed by atoms with van der Waals surface area (Å²) >= 11 is 0. The van der Waals surface area contributed by atoms with Gasteiger partial charge in [-0.2, -0.15) is 0 Å². The van der Waals surface area contributed by atoms with Gasteiger partial charge in [0.15, 0.2) is 0 Å². The van der Waals surface area contributed by atoms with Gasteiger partial charge in [0.1, 0.15) is 5.92 Å². The van der Waals surface area contributed by atoms with Gasteiger partial charge in [0.2, 0.25) is 0 Å². The van der Waals surface area contributed by atoms with Crippen LogP contribution < -0.4 is 0 Å². The standard InChI is InChI=1S/C24H23NO3/c1-15(2)14-25-22(19-13-7-9-16-8-3-4-10-17(16)19)21(24(27)28)18-11-5-6-12-20(18)23(25)26/h3-13,15,21-22H,14H2,1-2H3,(H,27,28)/t21-,22+/m0/s1. The van der Waals surface area contributed by atoms with Crippen LogP contribution >= 0.6 is 0 Å². The molecule has 4 nitrogen and oxygen atoms in total. The number of hydrogen-bond donors (Lipinski definition) is 1. The summed E-state index contributed by atoms with van der Waals surface area (Å²) in [6.07, 6.45) is 0. The third-order valence-electron chi connectivity index (χ3n) is 5.41. The third kappa shape index (κ3) is 2.95. The van der Waals surface area contributed by atoms with E-state index in [0.717, 1.165) is 16.3 Å². The van der Waals surface area contributed by atoms with E-state index in [-0.39, 0.29) is 11.8 Å². The minimum absolute atomic E-state index is 0.0975. The molecule has 0 bridgehead atoms. The van der Waals surface area contributed by atoms with Gasteiger partial charge in [0.25, 0.3) is 5.91 Å². The fraction of sp³-hybridized carbons (Fsp3) is 0.250. The number of hydrogen-bond acceptors (Lipinski definition) is 2. The zero-order valence-electron chi connectivity index (χ0n) is 16.0. The quantitative estimate of drug-likeness (QED) is 0.710. The summed E-state index contributed by atoms with van der Waals surface area (Å²) < 4.78 is 0. The van der Waals surface area contributed by atoms with Crippen LogP contribution in [-0.2, 0) is 4.79 Å². The number of carboxylic acid groups (broad SMARTS) is 1. The van der Waals surface area contributed by atoms with Crippen molar-refractivity contribution in [3.8, 4) is 0 Å². The Morgan fingerprint density at radius 1 is 0.964 bits per heavy atom. The van der Waals surface area contributed by atoms with Crippen molar-refractivity contribution in [3.05, 3.63) is 83.4 Å². The van der Waals surface area contributed by atoms with Gasteiger partial charge in [-0.3, -0.25) is 9.59 Å². The van der Waals surface area contributed by atoms with Gasteiger partial charge in [-0.25, -0.2) is 0 Å². The lowest BCUT2D eigenvalue weighted by atomic mass is 9.78. The molecule has 0 unspecified atom stereocenters. The van der Waals surface area contributed by atoms with Crippen LogP contribution in [0.25, 0.3) is 10.8 Å². The monoisotopic (exact) mass is 373 g/mol. The molecule has 0 fully saturated rings. The minimum atomic E-state index is -0.911. The Labute approximate surface area is 164 Å². The first kappa shape index (κ1) is 18.2. The Balaban J connectivity index is 2.00. The van der Waals surface area contributed by atoms with E-state index in [0.29, 0.717) is 17.7 Å². The molecule has 2 atom stereocenters. The van der Waals surface area contributed by atoms with Crippen molar-refractivity contribution in [2.75, 3.05) is 6.54 Å². The molecule has 1 aliphatic rings. The first-order chi connectivity index (χ1) is 13.5. The third-order valence-corrected chi connectivity index (χ3v) is 5.41. The van der Waals surface area contributed by atoms with E-state index in [4.69, 9.17) is 0 Å². The number of fused-ring (bicyclic) bond motifs is 2. The Bertz CT molecular complexity index is 1050. The number of nitrogens with zero attached hydrogens (tertiary/aromatic N) is 1. The molecule has 0 radical (unpaired) electrons. The van der Waals surface area contributed by atoms with Crippen LogP contribution in [0.2, 0.25) is 0 Å².